The number of halogens is 1. The Morgan fingerprint density at radius 1 is 1.23 bits per heavy atom. The second kappa shape index (κ2) is 6.19. The highest BCUT2D eigenvalue weighted by atomic mass is 19.1. The van der Waals surface area contributed by atoms with Crippen LogP contribution in [0.2, 0.25) is 0 Å². The van der Waals surface area contributed by atoms with E-state index in [-0.39, 0.29) is 5.82 Å². The van der Waals surface area contributed by atoms with Crippen molar-refractivity contribution in [2.75, 3.05) is 0 Å². The molecule has 1 aliphatic rings. The molecule has 22 heavy (non-hydrogen) atoms. The Kier molecular flexibility index (Phi) is 4.11. The van der Waals surface area contributed by atoms with Gasteiger partial charge >= 0.3 is 0 Å². The lowest BCUT2D eigenvalue weighted by Gasteiger charge is -2.03. The van der Waals surface area contributed by atoms with Gasteiger partial charge in [0, 0.05) is 5.56 Å². The van der Waals surface area contributed by atoms with Crippen molar-refractivity contribution in [3.8, 4) is 11.4 Å². The summed E-state index contributed by atoms with van der Waals surface area (Å²) < 4.78 is 13.1. The number of hydrogen-bond acceptors (Lipinski definition) is 4. The minimum Gasteiger partial charge on any atom is -0.387 e. The first kappa shape index (κ1) is 14.6. The van der Waals surface area contributed by atoms with Crippen LogP contribution in [0.25, 0.3) is 22.4 Å². The maximum Gasteiger partial charge on any atom is 0.140 e. The zero-order valence-electron chi connectivity index (χ0n) is 12.3. The third kappa shape index (κ3) is 3.46. The van der Waals surface area contributed by atoms with Crippen molar-refractivity contribution < 1.29 is 9.50 Å². The zero-order chi connectivity index (χ0) is 15.5. The number of aromatic amines is 1. The van der Waals surface area contributed by atoms with Crippen molar-refractivity contribution in [1.82, 2.24) is 20.2 Å². The van der Waals surface area contributed by atoms with Gasteiger partial charge in [0.25, 0.3) is 0 Å². The van der Waals surface area contributed by atoms with E-state index < -0.39 is 6.10 Å². The van der Waals surface area contributed by atoms with Gasteiger partial charge in [-0.15, -0.1) is 0 Å². The zero-order valence-corrected chi connectivity index (χ0v) is 12.3. The van der Waals surface area contributed by atoms with Gasteiger partial charge in [-0.25, -0.2) is 9.37 Å². The first-order chi connectivity index (χ1) is 10.6. The van der Waals surface area contributed by atoms with E-state index in [9.17, 15) is 9.50 Å². The molecule has 2 aromatic heterocycles. The molecule has 1 unspecified atom stereocenters. The summed E-state index contributed by atoms with van der Waals surface area (Å²) in [5, 5.41) is 17.1. The number of fused-ring (bicyclic) bond motifs is 1. The third-order valence-electron chi connectivity index (χ3n) is 3.17. The Balaban J connectivity index is 0.000000429. The summed E-state index contributed by atoms with van der Waals surface area (Å²) in [4.78, 5) is 7.37. The highest BCUT2D eigenvalue weighted by Crippen LogP contribution is 2.22. The quantitative estimate of drug-likeness (QED) is 0.761. The lowest BCUT2D eigenvalue weighted by atomic mass is 10.2. The molecule has 1 saturated carbocycles. The summed E-state index contributed by atoms with van der Waals surface area (Å²) in [5.41, 5.74) is 2.45. The second-order valence-corrected chi connectivity index (χ2v) is 5.35. The van der Waals surface area contributed by atoms with E-state index in [1.807, 2.05) is 0 Å². The molecule has 0 spiro atoms. The van der Waals surface area contributed by atoms with E-state index in [1.54, 1.807) is 25.3 Å². The van der Waals surface area contributed by atoms with Crippen LogP contribution < -0.4 is 0 Å². The number of rotatable bonds is 2. The number of nitrogens with one attached hydrogen (secondary N) is 1. The van der Waals surface area contributed by atoms with Crippen molar-refractivity contribution >= 4 is 11.0 Å². The molecule has 4 rings (SSSR count). The SMILES string of the molecule is C1CC1.CC(O)c1cc(-c2nc3ccc(F)cc3[nH]2)cnn1. The molecule has 1 aromatic carbocycles. The third-order valence-corrected chi connectivity index (χ3v) is 3.17. The molecule has 0 bridgehead atoms. The van der Waals surface area contributed by atoms with E-state index in [2.05, 4.69) is 20.2 Å². The number of hydrogen-bond donors (Lipinski definition) is 2. The van der Waals surface area contributed by atoms with Crippen molar-refractivity contribution in [2.45, 2.75) is 32.3 Å². The number of imidazole rings is 1. The van der Waals surface area contributed by atoms with Gasteiger partial charge in [-0.05, 0) is 31.2 Å². The normalized spacial score (nSPS) is 14.3. The summed E-state index contributed by atoms with van der Waals surface area (Å²) in [7, 11) is 0. The van der Waals surface area contributed by atoms with Crippen LogP contribution in [0.5, 0.6) is 0 Å². The average Bonchev–Trinajstić information content (AvgIpc) is 3.33. The Morgan fingerprint density at radius 2 is 2.00 bits per heavy atom. The summed E-state index contributed by atoms with van der Waals surface area (Å²) in [6.07, 6.45) is 5.34. The molecular weight excluding hydrogens is 283 g/mol. The lowest BCUT2D eigenvalue weighted by Crippen LogP contribution is -1.98. The first-order valence-electron chi connectivity index (χ1n) is 7.30. The predicted octanol–water partition coefficient (Wildman–Crippen LogP) is 3.38. The van der Waals surface area contributed by atoms with Crippen LogP contribution in [0.3, 0.4) is 0 Å². The van der Waals surface area contributed by atoms with Crippen LogP contribution in [0, 0.1) is 5.82 Å². The maximum atomic E-state index is 13.1. The maximum absolute atomic E-state index is 13.1. The minimum atomic E-state index is -0.700. The molecular formula is C16H17FN4O. The monoisotopic (exact) mass is 300 g/mol. The van der Waals surface area contributed by atoms with Gasteiger partial charge in [-0.2, -0.15) is 10.2 Å². The Hall–Kier alpha value is -2.34. The number of aromatic nitrogens is 4. The molecule has 1 atom stereocenters. The average molecular weight is 300 g/mol. The van der Waals surface area contributed by atoms with Crippen LogP contribution in [-0.2, 0) is 0 Å². The fraction of sp³-hybridized carbons (Fsp3) is 0.312. The number of aliphatic hydroxyl groups is 1. The van der Waals surface area contributed by atoms with Gasteiger partial charge in [0.1, 0.15) is 11.6 Å². The lowest BCUT2D eigenvalue weighted by molar-refractivity contribution is 0.193. The second-order valence-electron chi connectivity index (χ2n) is 5.35. The summed E-state index contributed by atoms with van der Waals surface area (Å²) in [5.74, 6) is 0.248. The van der Waals surface area contributed by atoms with E-state index in [0.717, 1.165) is 0 Å². The molecule has 0 aliphatic heterocycles. The molecule has 114 valence electrons. The van der Waals surface area contributed by atoms with E-state index >= 15 is 0 Å². The largest absolute Gasteiger partial charge is 0.387 e. The Labute approximate surface area is 127 Å². The highest BCUT2D eigenvalue weighted by Gasteiger charge is 2.10. The van der Waals surface area contributed by atoms with Gasteiger partial charge in [-0.3, -0.25) is 0 Å². The van der Waals surface area contributed by atoms with Crippen molar-refractivity contribution in [2.24, 2.45) is 0 Å². The number of benzene rings is 1. The smallest absolute Gasteiger partial charge is 0.140 e. The van der Waals surface area contributed by atoms with Crippen molar-refractivity contribution in [1.29, 1.82) is 0 Å². The number of H-pyrrole nitrogens is 1. The Morgan fingerprint density at radius 3 is 2.68 bits per heavy atom. The van der Waals surface area contributed by atoms with Crippen LogP contribution in [0.1, 0.15) is 38.0 Å². The summed E-state index contributed by atoms with van der Waals surface area (Å²) >= 11 is 0. The molecule has 1 aliphatic carbocycles. The molecule has 6 heteroatoms. The van der Waals surface area contributed by atoms with Gasteiger partial charge < -0.3 is 10.1 Å². The number of nitrogens with zero attached hydrogens (tertiary/aromatic N) is 3. The van der Waals surface area contributed by atoms with Crippen molar-refractivity contribution in [3.63, 3.8) is 0 Å². The Bertz CT molecular complexity index is 780. The molecule has 0 radical (unpaired) electrons. The molecule has 2 heterocycles. The van der Waals surface area contributed by atoms with E-state index in [1.165, 1.54) is 31.4 Å². The topological polar surface area (TPSA) is 74.7 Å². The van der Waals surface area contributed by atoms with Gasteiger partial charge in [0.05, 0.1) is 29.0 Å². The molecule has 0 amide bonds. The number of aliphatic hydroxyl groups excluding tert-OH is 1. The molecule has 1 fully saturated rings. The molecule has 2 N–H and O–H groups in total. The minimum absolute atomic E-state index is 0.319. The van der Waals surface area contributed by atoms with E-state index in [4.69, 9.17) is 0 Å². The van der Waals surface area contributed by atoms with E-state index in [0.29, 0.717) is 28.1 Å². The highest BCUT2D eigenvalue weighted by molar-refractivity contribution is 5.79. The molecule has 5 nitrogen and oxygen atoms in total. The molecule has 0 saturated heterocycles. The predicted molar refractivity (Wildman–Crippen MR) is 81.6 cm³/mol. The van der Waals surface area contributed by atoms with Gasteiger partial charge in [0.2, 0.25) is 0 Å². The van der Waals surface area contributed by atoms with Gasteiger partial charge in [-0.1, -0.05) is 19.3 Å². The standard InChI is InChI=1S/C13H11FN4O.C3H6/c1-7(19)11-4-8(6-15-18-11)13-16-10-3-2-9(14)5-12(10)17-13;1-2-3-1/h2-7,19H,1H3,(H,16,17);1-3H2. The van der Waals surface area contributed by atoms with Crippen LogP contribution in [0.4, 0.5) is 4.39 Å². The van der Waals surface area contributed by atoms with Crippen LogP contribution in [-0.4, -0.2) is 25.3 Å². The van der Waals surface area contributed by atoms with Crippen molar-refractivity contribution in [3.05, 3.63) is 42.0 Å². The van der Waals surface area contributed by atoms with Crippen LogP contribution >= 0.6 is 0 Å². The first-order valence-corrected chi connectivity index (χ1v) is 7.30. The fourth-order valence-electron chi connectivity index (χ4n) is 1.84. The summed E-state index contributed by atoms with van der Waals surface area (Å²) in [6.45, 7) is 1.61. The summed E-state index contributed by atoms with van der Waals surface area (Å²) in [6, 6.07) is 6.05. The fourth-order valence-corrected chi connectivity index (χ4v) is 1.84. The molecule has 3 aromatic rings. The van der Waals surface area contributed by atoms with Gasteiger partial charge in [0.15, 0.2) is 0 Å². The van der Waals surface area contributed by atoms with Crippen LogP contribution in [0.15, 0.2) is 30.5 Å².